The summed E-state index contributed by atoms with van der Waals surface area (Å²) in [4.78, 5) is 11.7. The fourth-order valence-electron chi connectivity index (χ4n) is 2.16. The van der Waals surface area contributed by atoms with Crippen LogP contribution in [-0.4, -0.2) is 13.1 Å². The summed E-state index contributed by atoms with van der Waals surface area (Å²) >= 11 is 0. The van der Waals surface area contributed by atoms with E-state index in [1.807, 2.05) is 37.3 Å². The molecular formula is C18H21NO3. The van der Waals surface area contributed by atoms with Gasteiger partial charge in [0.2, 0.25) is 0 Å². The molecule has 0 saturated carbocycles. The van der Waals surface area contributed by atoms with Crippen molar-refractivity contribution in [1.82, 2.24) is 0 Å². The number of nitrogens with two attached hydrogens (primary N) is 1. The summed E-state index contributed by atoms with van der Waals surface area (Å²) in [5, 5.41) is 0. The molecule has 1 aromatic rings. The number of hydrogen-bond acceptors (Lipinski definition) is 4. The zero-order chi connectivity index (χ0) is 15.9. The molecule has 0 fully saturated rings. The van der Waals surface area contributed by atoms with Crippen molar-refractivity contribution in [3.05, 3.63) is 59.0 Å². The molecule has 1 aromatic carbocycles. The lowest BCUT2D eigenvalue weighted by atomic mass is 10.00. The standard InChI is InChI=1S/C18H21NO3/c1-3-4-18(20)22-17-10-7-15(19)12-14(17)11-13-5-8-16(21-2)9-6-13/h5-11H,3-4,12,19H2,1-2H3. The zero-order valence-electron chi connectivity index (χ0n) is 13.0. The summed E-state index contributed by atoms with van der Waals surface area (Å²) in [6.45, 7) is 1.95. The van der Waals surface area contributed by atoms with E-state index in [0.29, 0.717) is 18.6 Å². The van der Waals surface area contributed by atoms with Gasteiger partial charge in [-0.25, -0.2) is 0 Å². The highest BCUT2D eigenvalue weighted by atomic mass is 16.5. The molecule has 1 aliphatic carbocycles. The highest BCUT2D eigenvalue weighted by molar-refractivity contribution is 5.72. The van der Waals surface area contributed by atoms with Gasteiger partial charge in [0.15, 0.2) is 0 Å². The van der Waals surface area contributed by atoms with Crippen molar-refractivity contribution in [2.24, 2.45) is 5.73 Å². The van der Waals surface area contributed by atoms with Crippen LogP contribution in [0, 0.1) is 0 Å². The third-order valence-corrected chi connectivity index (χ3v) is 3.29. The molecule has 0 aliphatic heterocycles. The smallest absolute Gasteiger partial charge is 0.311 e. The van der Waals surface area contributed by atoms with Crippen LogP contribution in [0.5, 0.6) is 5.75 Å². The summed E-state index contributed by atoms with van der Waals surface area (Å²) in [5.41, 5.74) is 8.54. The minimum atomic E-state index is -0.219. The maximum Gasteiger partial charge on any atom is 0.311 e. The van der Waals surface area contributed by atoms with Crippen LogP contribution in [-0.2, 0) is 9.53 Å². The van der Waals surface area contributed by atoms with E-state index in [1.165, 1.54) is 0 Å². The molecule has 0 unspecified atom stereocenters. The van der Waals surface area contributed by atoms with Gasteiger partial charge in [-0.3, -0.25) is 4.79 Å². The van der Waals surface area contributed by atoms with Crippen molar-refractivity contribution in [2.45, 2.75) is 26.2 Å². The van der Waals surface area contributed by atoms with E-state index in [2.05, 4.69) is 0 Å². The van der Waals surface area contributed by atoms with E-state index >= 15 is 0 Å². The molecule has 0 spiro atoms. The first-order valence-electron chi connectivity index (χ1n) is 7.34. The SMILES string of the molecule is CCCC(=O)OC1=CC=C(N)CC1=Cc1ccc(OC)cc1. The van der Waals surface area contributed by atoms with Crippen LogP contribution in [0.1, 0.15) is 31.7 Å². The number of hydrogen-bond donors (Lipinski definition) is 1. The number of esters is 1. The molecule has 4 nitrogen and oxygen atoms in total. The second-order valence-corrected chi connectivity index (χ2v) is 5.12. The maximum absolute atomic E-state index is 11.7. The summed E-state index contributed by atoms with van der Waals surface area (Å²) < 4.78 is 10.6. The van der Waals surface area contributed by atoms with Gasteiger partial charge in [-0.2, -0.15) is 0 Å². The van der Waals surface area contributed by atoms with Gasteiger partial charge in [-0.15, -0.1) is 0 Å². The Morgan fingerprint density at radius 2 is 2.00 bits per heavy atom. The van der Waals surface area contributed by atoms with Gasteiger partial charge in [-0.05, 0) is 42.3 Å². The molecule has 0 atom stereocenters. The van der Waals surface area contributed by atoms with Gasteiger partial charge in [0.1, 0.15) is 11.5 Å². The number of carbonyl (C=O) groups is 1. The number of methoxy groups -OCH3 is 1. The second kappa shape index (κ2) is 7.50. The van der Waals surface area contributed by atoms with Crippen LogP contribution in [0.3, 0.4) is 0 Å². The van der Waals surface area contributed by atoms with E-state index in [9.17, 15) is 4.79 Å². The number of carbonyl (C=O) groups excluding carboxylic acids is 1. The molecule has 2 N–H and O–H groups in total. The monoisotopic (exact) mass is 299 g/mol. The summed E-state index contributed by atoms with van der Waals surface area (Å²) in [6, 6.07) is 7.68. The molecule has 0 aromatic heterocycles. The largest absolute Gasteiger partial charge is 0.497 e. The highest BCUT2D eigenvalue weighted by Gasteiger charge is 2.15. The molecule has 116 valence electrons. The van der Waals surface area contributed by atoms with Crippen LogP contribution >= 0.6 is 0 Å². The van der Waals surface area contributed by atoms with E-state index in [1.54, 1.807) is 19.3 Å². The number of allylic oxidation sites excluding steroid dienone is 4. The van der Waals surface area contributed by atoms with Crippen LogP contribution in [0.15, 0.2) is 53.4 Å². The van der Waals surface area contributed by atoms with Gasteiger partial charge < -0.3 is 15.2 Å². The third kappa shape index (κ3) is 4.25. The average Bonchev–Trinajstić information content (AvgIpc) is 2.51. The Morgan fingerprint density at radius 1 is 1.27 bits per heavy atom. The minimum Gasteiger partial charge on any atom is -0.497 e. The van der Waals surface area contributed by atoms with Crippen molar-refractivity contribution in [3.63, 3.8) is 0 Å². The first-order valence-corrected chi connectivity index (χ1v) is 7.34. The van der Waals surface area contributed by atoms with E-state index < -0.39 is 0 Å². The Kier molecular flexibility index (Phi) is 5.42. The average molecular weight is 299 g/mol. The van der Waals surface area contributed by atoms with Gasteiger partial charge in [-0.1, -0.05) is 19.1 Å². The first-order chi connectivity index (χ1) is 10.6. The van der Waals surface area contributed by atoms with Gasteiger partial charge >= 0.3 is 5.97 Å². The molecule has 0 saturated heterocycles. The molecule has 0 heterocycles. The molecule has 22 heavy (non-hydrogen) atoms. The lowest BCUT2D eigenvalue weighted by molar-refractivity contribution is -0.139. The predicted molar refractivity (Wildman–Crippen MR) is 86.9 cm³/mol. The first kappa shape index (κ1) is 15.9. The van der Waals surface area contributed by atoms with Crippen molar-refractivity contribution < 1.29 is 14.3 Å². The fourth-order valence-corrected chi connectivity index (χ4v) is 2.16. The number of benzene rings is 1. The quantitative estimate of drug-likeness (QED) is 0.845. The second-order valence-electron chi connectivity index (χ2n) is 5.12. The lowest BCUT2D eigenvalue weighted by Gasteiger charge is -2.16. The zero-order valence-corrected chi connectivity index (χ0v) is 13.0. The highest BCUT2D eigenvalue weighted by Crippen LogP contribution is 2.26. The molecule has 0 amide bonds. The number of rotatable bonds is 5. The van der Waals surface area contributed by atoms with Gasteiger partial charge in [0.25, 0.3) is 0 Å². The molecule has 0 bridgehead atoms. The Balaban J connectivity index is 2.21. The Hall–Kier alpha value is -2.49. The summed E-state index contributed by atoms with van der Waals surface area (Å²) in [7, 11) is 1.63. The fraction of sp³-hybridized carbons (Fsp3) is 0.278. The van der Waals surface area contributed by atoms with Gasteiger partial charge in [0, 0.05) is 24.1 Å². The van der Waals surface area contributed by atoms with E-state index in [-0.39, 0.29) is 5.97 Å². The normalized spacial score (nSPS) is 16.0. The van der Waals surface area contributed by atoms with Crippen LogP contribution < -0.4 is 10.5 Å². The van der Waals surface area contributed by atoms with Crippen molar-refractivity contribution in [3.8, 4) is 5.75 Å². The molecule has 4 heteroatoms. The van der Waals surface area contributed by atoms with Crippen molar-refractivity contribution >= 4 is 12.0 Å². The van der Waals surface area contributed by atoms with Gasteiger partial charge in [0.05, 0.1) is 7.11 Å². The Morgan fingerprint density at radius 3 is 2.64 bits per heavy atom. The Bertz CT molecular complexity index is 624. The Labute approximate surface area is 130 Å². The van der Waals surface area contributed by atoms with E-state index in [4.69, 9.17) is 15.2 Å². The molecule has 1 aliphatic rings. The minimum absolute atomic E-state index is 0.219. The summed E-state index contributed by atoms with van der Waals surface area (Å²) in [5.74, 6) is 1.15. The predicted octanol–water partition coefficient (Wildman–Crippen LogP) is 3.55. The molecule has 2 rings (SSSR count). The van der Waals surface area contributed by atoms with Crippen LogP contribution in [0.25, 0.3) is 6.08 Å². The van der Waals surface area contributed by atoms with Crippen molar-refractivity contribution in [2.75, 3.05) is 7.11 Å². The van der Waals surface area contributed by atoms with Crippen molar-refractivity contribution in [1.29, 1.82) is 0 Å². The molecular weight excluding hydrogens is 278 g/mol. The topological polar surface area (TPSA) is 61.5 Å². The van der Waals surface area contributed by atoms with E-state index in [0.717, 1.165) is 29.0 Å². The molecule has 0 radical (unpaired) electrons. The summed E-state index contributed by atoms with van der Waals surface area (Å²) in [6.07, 6.45) is 7.25. The lowest BCUT2D eigenvalue weighted by Crippen LogP contribution is -2.10. The maximum atomic E-state index is 11.7. The third-order valence-electron chi connectivity index (χ3n) is 3.29. The van der Waals surface area contributed by atoms with Crippen LogP contribution in [0.2, 0.25) is 0 Å². The van der Waals surface area contributed by atoms with Crippen LogP contribution in [0.4, 0.5) is 0 Å². The number of ether oxygens (including phenoxy) is 2.